The maximum absolute atomic E-state index is 16.1. The van der Waals surface area contributed by atoms with E-state index < -0.39 is 7.14 Å². The first-order valence-electron chi connectivity index (χ1n) is 11.6. The molecule has 0 atom stereocenters. The second-order valence-corrected chi connectivity index (χ2v) is 12.5. The Morgan fingerprint density at radius 1 is 0.375 bits per heavy atom. The van der Waals surface area contributed by atoms with Gasteiger partial charge in [-0.1, -0.05) is 18.2 Å². The first-order chi connectivity index (χ1) is 14.7. The molecule has 1 nitrogen and oxygen atoms in total. The summed E-state index contributed by atoms with van der Waals surface area (Å²) in [5, 5.41) is 3.13. The molecular formula is C30H39OP. The van der Waals surface area contributed by atoms with E-state index in [1.54, 1.807) is 0 Å². The van der Waals surface area contributed by atoms with Crippen LogP contribution in [0.25, 0.3) is 0 Å². The van der Waals surface area contributed by atoms with Gasteiger partial charge in [-0.05, 0) is 150 Å². The van der Waals surface area contributed by atoms with E-state index in [9.17, 15) is 0 Å². The molecule has 170 valence electrons. The Hall–Kier alpha value is -2.11. The van der Waals surface area contributed by atoms with Crippen molar-refractivity contribution in [1.82, 2.24) is 0 Å². The summed E-state index contributed by atoms with van der Waals surface area (Å²) >= 11 is 0. The smallest absolute Gasteiger partial charge is 0.172 e. The van der Waals surface area contributed by atoms with E-state index in [2.05, 4.69) is 101 Å². The fourth-order valence-electron chi connectivity index (χ4n) is 5.34. The Morgan fingerprint density at radius 3 is 0.688 bits per heavy atom. The molecule has 3 aromatic rings. The van der Waals surface area contributed by atoms with Crippen molar-refractivity contribution in [2.45, 2.75) is 83.1 Å². The molecule has 3 aromatic carbocycles. The maximum atomic E-state index is 16.1. The molecule has 0 unspecified atom stereocenters. The van der Waals surface area contributed by atoms with Crippen LogP contribution in [0.15, 0.2) is 18.2 Å². The van der Waals surface area contributed by atoms with Gasteiger partial charge in [-0.3, -0.25) is 0 Å². The van der Waals surface area contributed by atoms with E-state index in [0.29, 0.717) is 0 Å². The molecule has 32 heavy (non-hydrogen) atoms. The molecule has 0 amide bonds. The Balaban J connectivity index is 2.74. The second-order valence-electron chi connectivity index (χ2n) is 9.94. The van der Waals surface area contributed by atoms with Crippen molar-refractivity contribution < 1.29 is 4.57 Å². The van der Waals surface area contributed by atoms with Crippen molar-refractivity contribution in [3.63, 3.8) is 0 Å². The van der Waals surface area contributed by atoms with Gasteiger partial charge in [0.05, 0.1) is 0 Å². The first-order valence-corrected chi connectivity index (χ1v) is 13.3. The molecule has 0 aliphatic heterocycles. The van der Waals surface area contributed by atoms with Crippen LogP contribution < -0.4 is 15.9 Å². The van der Waals surface area contributed by atoms with Gasteiger partial charge in [0.25, 0.3) is 0 Å². The van der Waals surface area contributed by atoms with Gasteiger partial charge in [0, 0.05) is 15.9 Å². The van der Waals surface area contributed by atoms with E-state index in [-0.39, 0.29) is 0 Å². The van der Waals surface area contributed by atoms with Crippen LogP contribution in [0, 0.1) is 83.1 Å². The van der Waals surface area contributed by atoms with E-state index >= 15 is 4.57 Å². The average molecular weight is 447 g/mol. The summed E-state index contributed by atoms with van der Waals surface area (Å²) < 4.78 is 16.1. The van der Waals surface area contributed by atoms with Crippen LogP contribution in [0.1, 0.15) is 66.8 Å². The van der Waals surface area contributed by atoms with Crippen LogP contribution in [0.5, 0.6) is 0 Å². The summed E-state index contributed by atoms with van der Waals surface area (Å²) in [6.45, 7) is 25.8. The zero-order chi connectivity index (χ0) is 24.3. The van der Waals surface area contributed by atoms with Gasteiger partial charge in [0.2, 0.25) is 0 Å². The van der Waals surface area contributed by atoms with Gasteiger partial charge in [0.15, 0.2) is 7.14 Å². The number of rotatable bonds is 3. The largest absolute Gasteiger partial charge is 0.309 e. The molecule has 0 fully saturated rings. The number of benzene rings is 3. The lowest BCUT2D eigenvalue weighted by molar-refractivity contribution is 0.592. The zero-order valence-corrected chi connectivity index (χ0v) is 23.0. The van der Waals surface area contributed by atoms with Crippen LogP contribution in [-0.4, -0.2) is 0 Å². The fraction of sp³-hybridized carbons (Fsp3) is 0.400. The lowest BCUT2D eigenvalue weighted by atomic mass is 10.0. The van der Waals surface area contributed by atoms with Crippen LogP contribution in [0.4, 0.5) is 0 Å². The summed E-state index contributed by atoms with van der Waals surface area (Å²) in [5.74, 6) is 0. The summed E-state index contributed by atoms with van der Waals surface area (Å²) in [6, 6.07) is 6.71. The zero-order valence-electron chi connectivity index (χ0n) is 22.1. The normalized spacial score (nSPS) is 11.9. The van der Waals surface area contributed by atoms with Crippen LogP contribution in [0.2, 0.25) is 0 Å². The average Bonchev–Trinajstić information content (AvgIpc) is 2.70. The highest BCUT2D eigenvalue weighted by Gasteiger charge is 2.39. The van der Waals surface area contributed by atoms with Gasteiger partial charge >= 0.3 is 0 Å². The van der Waals surface area contributed by atoms with E-state index in [1.807, 2.05) is 0 Å². The van der Waals surface area contributed by atoms with Crippen molar-refractivity contribution in [2.24, 2.45) is 0 Å². The molecule has 0 saturated heterocycles. The second kappa shape index (κ2) is 8.35. The minimum absolute atomic E-state index is 1.04. The van der Waals surface area contributed by atoms with Crippen molar-refractivity contribution in [3.8, 4) is 0 Å². The Kier molecular flexibility index (Phi) is 6.40. The van der Waals surface area contributed by atoms with Crippen LogP contribution in [-0.2, 0) is 4.57 Å². The number of hydrogen-bond donors (Lipinski definition) is 0. The predicted molar refractivity (Wildman–Crippen MR) is 143 cm³/mol. The van der Waals surface area contributed by atoms with Gasteiger partial charge < -0.3 is 4.57 Å². The highest BCUT2D eigenvalue weighted by Crippen LogP contribution is 2.50. The van der Waals surface area contributed by atoms with Crippen molar-refractivity contribution in [3.05, 3.63) is 85.0 Å². The standard InChI is InChI=1S/C30H39OP/c1-16-13-17(2)23(8)28(22(16)7)32(31,29-24(9)18(3)14-19(4)25(29)10)30-26(11)20(5)15-21(6)27(30)12/h13-15H,1-12H3. The van der Waals surface area contributed by atoms with Crippen molar-refractivity contribution in [2.75, 3.05) is 0 Å². The first kappa shape index (κ1) is 24.5. The van der Waals surface area contributed by atoms with E-state index in [0.717, 1.165) is 49.3 Å². The van der Waals surface area contributed by atoms with Gasteiger partial charge in [-0.2, -0.15) is 0 Å². The monoisotopic (exact) mass is 446 g/mol. The Morgan fingerprint density at radius 2 is 0.531 bits per heavy atom. The third-order valence-electron chi connectivity index (χ3n) is 7.92. The van der Waals surface area contributed by atoms with E-state index in [4.69, 9.17) is 0 Å². The van der Waals surface area contributed by atoms with Crippen LogP contribution >= 0.6 is 7.14 Å². The summed E-state index contributed by atoms with van der Waals surface area (Å²) in [7, 11) is -3.16. The molecule has 0 aliphatic carbocycles. The molecule has 0 aliphatic rings. The van der Waals surface area contributed by atoms with Crippen molar-refractivity contribution >= 4 is 23.1 Å². The van der Waals surface area contributed by atoms with E-state index in [1.165, 1.54) is 33.4 Å². The molecule has 0 N–H and O–H groups in total. The lowest BCUT2D eigenvalue weighted by Crippen LogP contribution is -2.35. The molecular weight excluding hydrogens is 407 g/mol. The molecule has 0 aromatic heterocycles. The number of aryl methyl sites for hydroxylation is 6. The predicted octanol–water partition coefficient (Wildman–Crippen LogP) is 7.03. The molecule has 0 saturated carbocycles. The molecule has 0 spiro atoms. The Labute approximate surface area is 195 Å². The van der Waals surface area contributed by atoms with Crippen LogP contribution in [0.3, 0.4) is 0 Å². The minimum Gasteiger partial charge on any atom is -0.309 e. The highest BCUT2D eigenvalue weighted by molar-refractivity contribution is 7.85. The maximum Gasteiger partial charge on any atom is 0.172 e. The molecule has 3 rings (SSSR count). The molecule has 0 radical (unpaired) electrons. The summed E-state index contributed by atoms with van der Waals surface area (Å²) in [4.78, 5) is 0. The number of hydrogen-bond acceptors (Lipinski definition) is 1. The Bertz CT molecular complexity index is 1070. The van der Waals surface area contributed by atoms with Gasteiger partial charge in [-0.15, -0.1) is 0 Å². The molecule has 0 bridgehead atoms. The topological polar surface area (TPSA) is 17.1 Å². The summed E-state index contributed by atoms with van der Waals surface area (Å²) in [5.41, 5.74) is 14.2. The quantitative estimate of drug-likeness (QED) is 0.395. The van der Waals surface area contributed by atoms with Gasteiger partial charge in [0.1, 0.15) is 0 Å². The molecule has 0 heterocycles. The van der Waals surface area contributed by atoms with Crippen molar-refractivity contribution in [1.29, 1.82) is 0 Å². The summed E-state index contributed by atoms with van der Waals surface area (Å²) in [6.07, 6.45) is 0. The third-order valence-corrected chi connectivity index (χ3v) is 11.8. The van der Waals surface area contributed by atoms with Gasteiger partial charge in [-0.25, -0.2) is 0 Å². The lowest BCUT2D eigenvalue weighted by Gasteiger charge is -2.32. The third kappa shape index (κ3) is 3.50. The SMILES string of the molecule is Cc1cc(C)c(C)c(P(=O)(c2c(C)c(C)cc(C)c2C)c2c(C)c(C)cc(C)c2C)c1C. The highest BCUT2D eigenvalue weighted by atomic mass is 31.2. The fourth-order valence-corrected chi connectivity index (χ4v) is 9.90. The molecule has 2 heteroatoms. The minimum atomic E-state index is -3.16.